The Labute approximate surface area is 82.1 Å². The Balaban J connectivity index is 2.62. The molecule has 0 bridgehead atoms. The van der Waals surface area contributed by atoms with Crippen LogP contribution in [0.15, 0.2) is 6.20 Å². The fourth-order valence-electron chi connectivity index (χ4n) is 0.825. The second-order valence-electron chi connectivity index (χ2n) is 2.45. The van der Waals surface area contributed by atoms with Crippen molar-refractivity contribution in [2.24, 2.45) is 0 Å². The maximum atomic E-state index is 5.58. The first-order valence-corrected chi connectivity index (χ1v) is 4.11. The summed E-state index contributed by atoms with van der Waals surface area (Å²) < 4.78 is 5.13. The second-order valence-corrected chi connectivity index (χ2v) is 2.78. The Morgan fingerprint density at radius 2 is 2.46 bits per heavy atom. The molecule has 0 spiro atoms. The molecule has 4 heteroatoms. The van der Waals surface area contributed by atoms with Gasteiger partial charge in [0.25, 0.3) is 0 Å². The van der Waals surface area contributed by atoms with Crippen molar-refractivity contribution >= 4 is 11.6 Å². The van der Waals surface area contributed by atoms with Gasteiger partial charge in [0.2, 0.25) is 5.28 Å². The van der Waals surface area contributed by atoms with Gasteiger partial charge in [0, 0.05) is 17.5 Å². The summed E-state index contributed by atoms with van der Waals surface area (Å²) in [6.07, 6.45) is 6.67. The molecule has 0 aliphatic rings. The average molecular weight is 197 g/mol. The van der Waals surface area contributed by atoms with E-state index in [0.29, 0.717) is 13.2 Å². The third kappa shape index (κ3) is 3.02. The first kappa shape index (κ1) is 9.97. The molecule has 0 amide bonds. The first-order chi connectivity index (χ1) is 6.24. The van der Waals surface area contributed by atoms with Gasteiger partial charge in [0.05, 0.1) is 6.61 Å². The van der Waals surface area contributed by atoms with Crippen molar-refractivity contribution in [1.29, 1.82) is 0 Å². The highest BCUT2D eigenvalue weighted by Crippen LogP contribution is 2.08. The summed E-state index contributed by atoms with van der Waals surface area (Å²) >= 11 is 5.58. The van der Waals surface area contributed by atoms with Crippen LogP contribution in [-0.4, -0.2) is 16.6 Å². The third-order valence-electron chi connectivity index (χ3n) is 1.49. The van der Waals surface area contributed by atoms with Crippen molar-refractivity contribution in [3.05, 3.63) is 22.7 Å². The number of hydrogen-bond acceptors (Lipinski definition) is 3. The standard InChI is InChI=1S/C9H9ClN2O/c1-3-4-13-6-8-5-11-9(10)12-7(8)2/h1,5H,4,6H2,2H3. The summed E-state index contributed by atoms with van der Waals surface area (Å²) in [5.41, 5.74) is 1.72. The van der Waals surface area contributed by atoms with Crippen LogP contribution in [0.5, 0.6) is 0 Å². The Morgan fingerprint density at radius 1 is 1.69 bits per heavy atom. The van der Waals surface area contributed by atoms with Gasteiger partial charge in [-0.15, -0.1) is 6.42 Å². The van der Waals surface area contributed by atoms with Gasteiger partial charge < -0.3 is 4.74 Å². The lowest BCUT2D eigenvalue weighted by molar-refractivity contribution is 0.152. The molecule has 3 nitrogen and oxygen atoms in total. The lowest BCUT2D eigenvalue weighted by Crippen LogP contribution is -1.99. The number of aryl methyl sites for hydroxylation is 1. The van der Waals surface area contributed by atoms with E-state index in [9.17, 15) is 0 Å². The molecule has 0 fully saturated rings. The summed E-state index contributed by atoms with van der Waals surface area (Å²) in [5.74, 6) is 2.38. The molecule has 0 N–H and O–H groups in total. The maximum Gasteiger partial charge on any atom is 0.222 e. The summed E-state index contributed by atoms with van der Waals surface area (Å²) in [7, 11) is 0. The van der Waals surface area contributed by atoms with Crippen LogP contribution in [0, 0.1) is 19.3 Å². The highest BCUT2D eigenvalue weighted by molar-refractivity contribution is 6.28. The van der Waals surface area contributed by atoms with Crippen LogP contribution in [0.4, 0.5) is 0 Å². The number of nitrogens with zero attached hydrogens (tertiary/aromatic N) is 2. The van der Waals surface area contributed by atoms with Crippen LogP contribution < -0.4 is 0 Å². The van der Waals surface area contributed by atoms with Crippen molar-refractivity contribution in [3.63, 3.8) is 0 Å². The lowest BCUT2D eigenvalue weighted by atomic mass is 10.3. The molecule has 1 aromatic rings. The van der Waals surface area contributed by atoms with Gasteiger partial charge in [-0.2, -0.15) is 0 Å². The maximum absolute atomic E-state index is 5.58. The number of aromatic nitrogens is 2. The summed E-state index contributed by atoms with van der Waals surface area (Å²) in [6.45, 7) is 2.57. The van der Waals surface area contributed by atoms with Crippen LogP contribution in [0.2, 0.25) is 5.28 Å². The van der Waals surface area contributed by atoms with Crippen LogP contribution in [0.3, 0.4) is 0 Å². The van der Waals surface area contributed by atoms with Crippen LogP contribution in [-0.2, 0) is 11.3 Å². The Bertz CT molecular complexity index is 333. The normalized spacial score (nSPS) is 9.62. The summed E-state index contributed by atoms with van der Waals surface area (Å²) in [4.78, 5) is 7.82. The molecule has 0 saturated heterocycles. The summed E-state index contributed by atoms with van der Waals surface area (Å²) in [5, 5.41) is 0.248. The zero-order valence-electron chi connectivity index (χ0n) is 7.25. The van der Waals surface area contributed by atoms with Gasteiger partial charge in [0.1, 0.15) is 6.61 Å². The predicted octanol–water partition coefficient (Wildman–Crippen LogP) is 1.59. The van der Waals surface area contributed by atoms with E-state index in [4.69, 9.17) is 22.8 Å². The van der Waals surface area contributed by atoms with E-state index < -0.39 is 0 Å². The fourth-order valence-corrected chi connectivity index (χ4v) is 1.00. The van der Waals surface area contributed by atoms with Crippen LogP contribution in [0.25, 0.3) is 0 Å². The largest absolute Gasteiger partial charge is 0.364 e. The molecule has 1 aromatic heterocycles. The van der Waals surface area contributed by atoms with Gasteiger partial charge >= 0.3 is 0 Å². The number of rotatable bonds is 3. The van der Waals surface area contributed by atoms with E-state index in [2.05, 4.69) is 15.9 Å². The quantitative estimate of drug-likeness (QED) is 0.418. The molecule has 0 unspecified atom stereocenters. The fraction of sp³-hybridized carbons (Fsp3) is 0.333. The minimum atomic E-state index is 0.248. The SMILES string of the molecule is C#CCOCc1cnc(Cl)nc1C. The van der Waals surface area contributed by atoms with Gasteiger partial charge in [-0.3, -0.25) is 0 Å². The highest BCUT2D eigenvalue weighted by atomic mass is 35.5. The van der Waals surface area contributed by atoms with Gasteiger partial charge in [-0.05, 0) is 18.5 Å². The van der Waals surface area contributed by atoms with E-state index in [1.54, 1.807) is 6.20 Å². The van der Waals surface area contributed by atoms with E-state index in [-0.39, 0.29) is 5.28 Å². The smallest absolute Gasteiger partial charge is 0.222 e. The molecule has 0 aliphatic carbocycles. The van der Waals surface area contributed by atoms with E-state index in [1.165, 1.54) is 0 Å². The Morgan fingerprint density at radius 3 is 3.08 bits per heavy atom. The second kappa shape index (κ2) is 4.80. The molecule has 1 heterocycles. The van der Waals surface area contributed by atoms with E-state index in [0.717, 1.165) is 11.3 Å². The first-order valence-electron chi connectivity index (χ1n) is 3.73. The minimum Gasteiger partial charge on any atom is -0.364 e. The molecule has 68 valence electrons. The van der Waals surface area contributed by atoms with Crippen LogP contribution >= 0.6 is 11.6 Å². The Hall–Kier alpha value is -1.11. The molecule has 1 rings (SSSR count). The molecule has 0 saturated carbocycles. The van der Waals surface area contributed by atoms with Crippen molar-refractivity contribution in [2.75, 3.05) is 6.61 Å². The molecular formula is C9H9ClN2O. The summed E-state index contributed by atoms with van der Waals surface area (Å²) in [6, 6.07) is 0. The van der Waals surface area contributed by atoms with E-state index in [1.807, 2.05) is 6.92 Å². The minimum absolute atomic E-state index is 0.248. The predicted molar refractivity (Wildman–Crippen MR) is 50.3 cm³/mol. The zero-order valence-corrected chi connectivity index (χ0v) is 8.01. The van der Waals surface area contributed by atoms with Gasteiger partial charge in [0.15, 0.2) is 0 Å². The molecular weight excluding hydrogens is 188 g/mol. The van der Waals surface area contributed by atoms with Gasteiger partial charge in [-0.25, -0.2) is 9.97 Å². The highest BCUT2D eigenvalue weighted by Gasteiger charge is 2.00. The molecule has 0 aromatic carbocycles. The topological polar surface area (TPSA) is 35.0 Å². The number of terminal acetylenes is 1. The molecule has 0 atom stereocenters. The molecule has 13 heavy (non-hydrogen) atoms. The zero-order chi connectivity index (χ0) is 9.68. The van der Waals surface area contributed by atoms with Crippen LogP contribution in [0.1, 0.15) is 11.3 Å². The third-order valence-corrected chi connectivity index (χ3v) is 1.68. The van der Waals surface area contributed by atoms with Crippen molar-refractivity contribution in [3.8, 4) is 12.3 Å². The van der Waals surface area contributed by atoms with Crippen molar-refractivity contribution < 1.29 is 4.74 Å². The average Bonchev–Trinajstić information content (AvgIpc) is 2.09. The Kier molecular flexibility index (Phi) is 3.69. The molecule has 0 aliphatic heterocycles. The number of halogens is 1. The van der Waals surface area contributed by atoms with E-state index >= 15 is 0 Å². The van der Waals surface area contributed by atoms with Crippen molar-refractivity contribution in [2.45, 2.75) is 13.5 Å². The lowest BCUT2D eigenvalue weighted by Gasteiger charge is -2.03. The molecule has 0 radical (unpaired) electrons. The number of ether oxygens (including phenoxy) is 1. The monoisotopic (exact) mass is 196 g/mol. The van der Waals surface area contributed by atoms with Gasteiger partial charge in [-0.1, -0.05) is 5.92 Å². The van der Waals surface area contributed by atoms with Crippen molar-refractivity contribution in [1.82, 2.24) is 9.97 Å². The number of hydrogen-bond donors (Lipinski definition) is 0.